The molecule has 2 nitrogen and oxygen atoms in total. The largest absolute Gasteiger partial charge is 0.399 e. The standard InChI is InChI=1S/C37H28N2/c38-29-20-22-31(23-21-29)39(30-16-8-3-9-17-30)32-24-25-34-33-18-10-11-19-35(33)37(36(34)26-32,27-12-4-1-5-13-27)28-14-6-2-7-15-28/h1-26H,38H2. The number of nitrogen functional groups attached to an aromatic ring is 1. The summed E-state index contributed by atoms with van der Waals surface area (Å²) in [5, 5.41) is 0. The summed E-state index contributed by atoms with van der Waals surface area (Å²) in [7, 11) is 0. The number of benzene rings is 6. The number of para-hydroxylation sites is 1. The lowest BCUT2D eigenvalue weighted by Gasteiger charge is -2.35. The van der Waals surface area contributed by atoms with Crippen LogP contribution in [0.2, 0.25) is 0 Å². The number of anilines is 4. The second-order valence-corrected chi connectivity index (χ2v) is 10.0. The lowest BCUT2D eigenvalue weighted by atomic mass is 9.67. The van der Waals surface area contributed by atoms with E-state index in [0.29, 0.717) is 0 Å². The molecular weight excluding hydrogens is 472 g/mol. The van der Waals surface area contributed by atoms with Crippen LogP contribution in [0.5, 0.6) is 0 Å². The van der Waals surface area contributed by atoms with Gasteiger partial charge in [0.2, 0.25) is 0 Å². The first-order valence-electron chi connectivity index (χ1n) is 13.3. The quantitative estimate of drug-likeness (QED) is 0.239. The third-order valence-electron chi connectivity index (χ3n) is 7.87. The van der Waals surface area contributed by atoms with E-state index < -0.39 is 5.41 Å². The summed E-state index contributed by atoms with van der Waals surface area (Å²) in [6.07, 6.45) is 0. The van der Waals surface area contributed by atoms with Gasteiger partial charge in [-0.2, -0.15) is 0 Å². The predicted molar refractivity (Wildman–Crippen MR) is 163 cm³/mol. The van der Waals surface area contributed by atoms with Crippen LogP contribution in [-0.2, 0) is 5.41 Å². The lowest BCUT2D eigenvalue weighted by molar-refractivity contribution is 0.768. The number of nitrogens with zero attached hydrogens (tertiary/aromatic N) is 1. The van der Waals surface area contributed by atoms with Crippen molar-refractivity contribution < 1.29 is 0 Å². The van der Waals surface area contributed by atoms with E-state index in [1.165, 1.54) is 33.4 Å². The molecule has 0 aliphatic heterocycles. The first-order chi connectivity index (χ1) is 19.3. The zero-order valence-corrected chi connectivity index (χ0v) is 21.5. The summed E-state index contributed by atoms with van der Waals surface area (Å²) in [6.45, 7) is 0. The molecule has 0 atom stereocenters. The Balaban J connectivity index is 1.54. The maximum Gasteiger partial charge on any atom is 0.0714 e. The molecule has 0 spiro atoms. The van der Waals surface area contributed by atoms with E-state index >= 15 is 0 Å². The molecule has 6 aromatic rings. The number of hydrogen-bond donors (Lipinski definition) is 1. The Morgan fingerprint density at radius 2 is 0.897 bits per heavy atom. The SMILES string of the molecule is Nc1ccc(N(c2ccccc2)c2ccc3c(c2)C(c2ccccc2)(c2ccccc2)c2ccccc2-3)cc1. The third kappa shape index (κ3) is 3.65. The van der Waals surface area contributed by atoms with E-state index in [0.717, 1.165) is 22.7 Å². The molecule has 0 fully saturated rings. The number of hydrogen-bond acceptors (Lipinski definition) is 2. The Kier molecular flexibility index (Phi) is 5.53. The second-order valence-electron chi connectivity index (χ2n) is 10.0. The van der Waals surface area contributed by atoms with E-state index in [4.69, 9.17) is 5.73 Å². The van der Waals surface area contributed by atoms with Gasteiger partial charge in [0.15, 0.2) is 0 Å². The molecule has 6 aromatic carbocycles. The minimum atomic E-state index is -0.437. The normalized spacial score (nSPS) is 12.9. The highest BCUT2D eigenvalue weighted by molar-refractivity contribution is 5.89. The van der Waals surface area contributed by atoms with Crippen molar-refractivity contribution in [3.05, 3.63) is 180 Å². The summed E-state index contributed by atoms with van der Waals surface area (Å²) in [5.41, 5.74) is 17.3. The van der Waals surface area contributed by atoms with Crippen LogP contribution in [0.25, 0.3) is 11.1 Å². The second kappa shape index (κ2) is 9.34. The molecule has 39 heavy (non-hydrogen) atoms. The molecule has 0 aromatic heterocycles. The van der Waals surface area contributed by atoms with Gasteiger partial charge in [-0.15, -0.1) is 0 Å². The molecule has 0 bridgehead atoms. The summed E-state index contributed by atoms with van der Waals surface area (Å²) in [5.74, 6) is 0. The van der Waals surface area contributed by atoms with Crippen LogP contribution in [0.15, 0.2) is 158 Å². The first-order valence-corrected chi connectivity index (χ1v) is 13.3. The number of rotatable bonds is 5. The van der Waals surface area contributed by atoms with Gasteiger partial charge in [-0.05, 0) is 81.9 Å². The first kappa shape index (κ1) is 23.1. The average Bonchev–Trinajstić information content (AvgIpc) is 3.30. The third-order valence-corrected chi connectivity index (χ3v) is 7.87. The Bertz CT molecular complexity index is 1700. The zero-order valence-electron chi connectivity index (χ0n) is 21.5. The maximum absolute atomic E-state index is 6.07. The van der Waals surface area contributed by atoms with E-state index in [2.05, 4.69) is 150 Å². The topological polar surface area (TPSA) is 29.3 Å². The average molecular weight is 501 g/mol. The van der Waals surface area contributed by atoms with Crippen LogP contribution in [0.3, 0.4) is 0 Å². The van der Waals surface area contributed by atoms with Gasteiger partial charge in [0, 0.05) is 22.7 Å². The van der Waals surface area contributed by atoms with E-state index in [-0.39, 0.29) is 0 Å². The summed E-state index contributed by atoms with van der Waals surface area (Å²) < 4.78 is 0. The minimum Gasteiger partial charge on any atom is -0.399 e. The van der Waals surface area contributed by atoms with Gasteiger partial charge >= 0.3 is 0 Å². The molecule has 7 rings (SSSR count). The Labute approximate surface area is 229 Å². The van der Waals surface area contributed by atoms with Gasteiger partial charge in [-0.25, -0.2) is 0 Å². The number of fused-ring (bicyclic) bond motifs is 3. The fraction of sp³-hybridized carbons (Fsp3) is 0.0270. The summed E-state index contributed by atoms with van der Waals surface area (Å²) in [6, 6.07) is 56.3. The fourth-order valence-corrected chi connectivity index (χ4v) is 6.22. The Hall–Kier alpha value is -5.08. The molecule has 2 N–H and O–H groups in total. The Morgan fingerprint density at radius 3 is 1.54 bits per heavy atom. The van der Waals surface area contributed by atoms with Crippen molar-refractivity contribution in [1.82, 2.24) is 0 Å². The van der Waals surface area contributed by atoms with Crippen LogP contribution < -0.4 is 10.6 Å². The number of nitrogens with two attached hydrogens (primary N) is 1. The molecule has 1 aliphatic carbocycles. The van der Waals surface area contributed by atoms with Crippen molar-refractivity contribution in [2.75, 3.05) is 10.6 Å². The molecule has 0 heterocycles. The van der Waals surface area contributed by atoms with Crippen LogP contribution >= 0.6 is 0 Å². The molecule has 0 radical (unpaired) electrons. The zero-order chi connectivity index (χ0) is 26.2. The van der Waals surface area contributed by atoms with Crippen LogP contribution in [0.4, 0.5) is 22.7 Å². The van der Waals surface area contributed by atoms with Gasteiger partial charge in [0.1, 0.15) is 0 Å². The lowest BCUT2D eigenvalue weighted by Crippen LogP contribution is -2.28. The molecule has 186 valence electrons. The highest BCUT2D eigenvalue weighted by Crippen LogP contribution is 2.57. The molecule has 0 amide bonds. The summed E-state index contributed by atoms with van der Waals surface area (Å²) in [4.78, 5) is 2.31. The highest BCUT2D eigenvalue weighted by atomic mass is 15.1. The van der Waals surface area contributed by atoms with Crippen molar-refractivity contribution in [1.29, 1.82) is 0 Å². The van der Waals surface area contributed by atoms with Crippen molar-refractivity contribution >= 4 is 22.7 Å². The van der Waals surface area contributed by atoms with Crippen LogP contribution in [-0.4, -0.2) is 0 Å². The van der Waals surface area contributed by atoms with Crippen LogP contribution in [0, 0.1) is 0 Å². The van der Waals surface area contributed by atoms with Crippen molar-refractivity contribution in [3.63, 3.8) is 0 Å². The van der Waals surface area contributed by atoms with Gasteiger partial charge < -0.3 is 10.6 Å². The van der Waals surface area contributed by atoms with Gasteiger partial charge in [0.25, 0.3) is 0 Å². The van der Waals surface area contributed by atoms with Crippen molar-refractivity contribution in [2.24, 2.45) is 0 Å². The molecule has 0 saturated carbocycles. The van der Waals surface area contributed by atoms with E-state index in [1.807, 2.05) is 12.1 Å². The van der Waals surface area contributed by atoms with Gasteiger partial charge in [-0.3, -0.25) is 0 Å². The van der Waals surface area contributed by atoms with E-state index in [9.17, 15) is 0 Å². The monoisotopic (exact) mass is 500 g/mol. The molecule has 0 saturated heterocycles. The summed E-state index contributed by atoms with van der Waals surface area (Å²) >= 11 is 0. The van der Waals surface area contributed by atoms with E-state index in [1.54, 1.807) is 0 Å². The maximum atomic E-state index is 6.07. The molecule has 0 unspecified atom stereocenters. The van der Waals surface area contributed by atoms with Crippen molar-refractivity contribution in [3.8, 4) is 11.1 Å². The van der Waals surface area contributed by atoms with Gasteiger partial charge in [-0.1, -0.05) is 109 Å². The Morgan fingerprint density at radius 1 is 0.410 bits per heavy atom. The van der Waals surface area contributed by atoms with Gasteiger partial charge in [0.05, 0.1) is 5.41 Å². The fourth-order valence-electron chi connectivity index (χ4n) is 6.22. The smallest absolute Gasteiger partial charge is 0.0714 e. The predicted octanol–water partition coefficient (Wildman–Crippen LogP) is 9.10. The minimum absolute atomic E-state index is 0.437. The molecule has 2 heteroatoms. The van der Waals surface area contributed by atoms with Crippen molar-refractivity contribution in [2.45, 2.75) is 5.41 Å². The molecular formula is C37H28N2. The highest BCUT2D eigenvalue weighted by Gasteiger charge is 2.46. The molecule has 1 aliphatic rings. The van der Waals surface area contributed by atoms with Crippen LogP contribution in [0.1, 0.15) is 22.3 Å².